The third-order valence-electron chi connectivity index (χ3n) is 4.78. The van der Waals surface area contributed by atoms with Gasteiger partial charge in [0.05, 0.1) is 23.1 Å². The molecule has 1 aliphatic rings. The normalized spacial score (nSPS) is 17.1. The molecule has 0 bridgehead atoms. The Morgan fingerprint density at radius 2 is 1.96 bits per heavy atom. The minimum Gasteiger partial charge on any atom is -0.497 e. The van der Waals surface area contributed by atoms with Crippen molar-refractivity contribution in [3.8, 4) is 5.75 Å². The van der Waals surface area contributed by atoms with E-state index >= 15 is 0 Å². The van der Waals surface area contributed by atoms with Gasteiger partial charge in [-0.2, -0.15) is 0 Å². The minimum atomic E-state index is -0.512. The van der Waals surface area contributed by atoms with Gasteiger partial charge in [-0.1, -0.05) is 6.07 Å². The Hall–Kier alpha value is -2.38. The fourth-order valence-corrected chi connectivity index (χ4v) is 5.28. The number of methoxy groups -OCH3 is 1. The summed E-state index contributed by atoms with van der Waals surface area (Å²) in [5.74, 6) is -0.210. The van der Waals surface area contributed by atoms with Gasteiger partial charge >= 0.3 is 0 Å². The molecule has 0 saturated carbocycles. The largest absolute Gasteiger partial charge is 0.497 e. The van der Waals surface area contributed by atoms with Crippen LogP contribution in [0.3, 0.4) is 0 Å². The van der Waals surface area contributed by atoms with Crippen LogP contribution < -0.4 is 21.1 Å². The van der Waals surface area contributed by atoms with E-state index in [9.17, 15) is 9.59 Å². The predicted octanol–water partition coefficient (Wildman–Crippen LogP) is 2.24. The van der Waals surface area contributed by atoms with Crippen molar-refractivity contribution >= 4 is 28.2 Å². The molecule has 0 saturated heterocycles. The lowest BCUT2D eigenvalue weighted by Crippen LogP contribution is -3.03. The van der Waals surface area contributed by atoms with Crippen LogP contribution in [0.2, 0.25) is 0 Å². The van der Waals surface area contributed by atoms with Gasteiger partial charge in [0.25, 0.3) is 11.8 Å². The fraction of sp³-hybridized carbons (Fsp3) is 0.400. The van der Waals surface area contributed by atoms with E-state index in [4.69, 9.17) is 10.5 Å². The highest BCUT2D eigenvalue weighted by Crippen LogP contribution is 2.42. The molecule has 0 aliphatic carbocycles. The number of thiophene rings is 1. The van der Waals surface area contributed by atoms with Crippen LogP contribution in [0, 0.1) is 0 Å². The second-order valence-corrected chi connectivity index (χ2v) is 9.22. The number of fused-ring (bicyclic) bond motifs is 1. The molecule has 5 N–H and O–H groups in total. The highest BCUT2D eigenvalue weighted by molar-refractivity contribution is 7.17. The number of rotatable bonds is 4. The summed E-state index contributed by atoms with van der Waals surface area (Å²) in [7, 11) is 1.55. The Morgan fingerprint density at radius 1 is 1.26 bits per heavy atom. The number of carbonyl (C=O) groups is 2. The molecule has 1 aromatic heterocycles. The molecule has 2 amide bonds. The maximum atomic E-state index is 12.7. The van der Waals surface area contributed by atoms with E-state index < -0.39 is 5.91 Å². The molecule has 3 rings (SSSR count). The van der Waals surface area contributed by atoms with Crippen LogP contribution in [-0.4, -0.2) is 24.5 Å². The molecule has 0 radical (unpaired) electrons. The van der Waals surface area contributed by atoms with Gasteiger partial charge < -0.3 is 21.1 Å². The molecular weight excluding hydrogens is 362 g/mol. The van der Waals surface area contributed by atoms with Crippen molar-refractivity contribution in [3.05, 3.63) is 45.8 Å². The Labute approximate surface area is 163 Å². The lowest BCUT2D eigenvalue weighted by molar-refractivity contribution is -0.789. The van der Waals surface area contributed by atoms with Crippen LogP contribution in [0.15, 0.2) is 24.3 Å². The molecule has 0 spiro atoms. The van der Waals surface area contributed by atoms with Crippen molar-refractivity contribution in [1.29, 1.82) is 0 Å². The van der Waals surface area contributed by atoms with Gasteiger partial charge in [-0.15, -0.1) is 11.3 Å². The van der Waals surface area contributed by atoms with E-state index in [0.29, 0.717) is 21.9 Å². The van der Waals surface area contributed by atoms with Crippen molar-refractivity contribution in [2.75, 3.05) is 12.4 Å². The maximum absolute atomic E-state index is 12.7. The zero-order chi connectivity index (χ0) is 20.0. The zero-order valence-corrected chi connectivity index (χ0v) is 17.1. The Bertz CT molecular complexity index is 915. The minimum absolute atomic E-state index is 0.0597. The first-order chi connectivity index (χ1) is 12.5. The number of amides is 2. The average molecular weight is 389 g/mol. The van der Waals surface area contributed by atoms with E-state index in [1.165, 1.54) is 11.3 Å². The summed E-state index contributed by atoms with van der Waals surface area (Å²) in [6.07, 6.45) is 0.718. The molecule has 0 fully saturated rings. The van der Waals surface area contributed by atoms with Crippen LogP contribution in [-0.2, 0) is 12.0 Å². The van der Waals surface area contributed by atoms with Crippen LogP contribution in [0.25, 0.3) is 0 Å². The number of nitrogens with one attached hydrogen (secondary N) is 1. The lowest BCUT2D eigenvalue weighted by Gasteiger charge is -2.38. The van der Waals surface area contributed by atoms with Crippen molar-refractivity contribution < 1.29 is 19.6 Å². The van der Waals surface area contributed by atoms with Crippen molar-refractivity contribution in [1.82, 2.24) is 0 Å². The number of hydrogen-bond acceptors (Lipinski definition) is 4. The van der Waals surface area contributed by atoms with E-state index in [2.05, 4.69) is 38.3 Å². The van der Waals surface area contributed by atoms with Gasteiger partial charge in [-0.3, -0.25) is 9.59 Å². The summed E-state index contributed by atoms with van der Waals surface area (Å²) >= 11 is 1.44. The molecule has 0 unspecified atom stereocenters. The Morgan fingerprint density at radius 3 is 2.59 bits per heavy atom. The highest BCUT2D eigenvalue weighted by Gasteiger charge is 2.45. The zero-order valence-electron chi connectivity index (χ0n) is 16.3. The second kappa shape index (κ2) is 6.65. The van der Waals surface area contributed by atoms with Crippen molar-refractivity contribution in [2.45, 2.75) is 45.2 Å². The monoisotopic (exact) mass is 388 g/mol. The number of primary amides is 1. The lowest BCUT2D eigenvalue weighted by atomic mass is 9.81. The first-order valence-corrected chi connectivity index (χ1v) is 9.64. The van der Waals surface area contributed by atoms with Gasteiger partial charge in [0, 0.05) is 12.0 Å². The Balaban J connectivity index is 2.03. The molecule has 1 aliphatic heterocycles. The summed E-state index contributed by atoms with van der Waals surface area (Å²) in [5.41, 5.74) is 7.28. The van der Waals surface area contributed by atoms with Crippen LogP contribution in [0.1, 0.15) is 58.9 Å². The summed E-state index contributed by atoms with van der Waals surface area (Å²) in [5, 5.41) is 5.71. The van der Waals surface area contributed by atoms with Crippen molar-refractivity contribution in [3.63, 3.8) is 0 Å². The highest BCUT2D eigenvalue weighted by atomic mass is 32.1. The number of hydrogen-bond donors (Lipinski definition) is 3. The van der Waals surface area contributed by atoms with E-state index in [0.717, 1.165) is 16.9 Å². The number of carbonyl (C=O) groups excluding carboxylic acids is 2. The standard InChI is InChI=1S/C20H25N3O3S/c1-19(2)10-13-14(16(21)24)18(27-15(13)20(3,4)23-19)22-17(25)11-7-6-8-12(9-11)26-5/h6-9,23H,10H2,1-5H3,(H2,21,24)(H,22,25)/p+1. The van der Waals surface area contributed by atoms with Crippen molar-refractivity contribution in [2.24, 2.45) is 5.73 Å². The molecule has 2 heterocycles. The summed E-state index contributed by atoms with van der Waals surface area (Å²) in [6, 6.07) is 6.89. The topological polar surface area (TPSA) is 98.0 Å². The first-order valence-electron chi connectivity index (χ1n) is 8.82. The smallest absolute Gasteiger partial charge is 0.256 e. The summed E-state index contributed by atoms with van der Waals surface area (Å²) in [6.45, 7) is 8.55. The molecule has 6 nitrogen and oxygen atoms in total. The Kier molecular flexibility index (Phi) is 4.78. The molecule has 2 aromatic rings. The number of anilines is 1. The molecular formula is C20H26N3O3S+. The molecule has 0 atom stereocenters. The van der Waals surface area contributed by atoms with Crippen LogP contribution >= 0.6 is 11.3 Å². The van der Waals surface area contributed by atoms with E-state index in [-0.39, 0.29) is 17.0 Å². The SMILES string of the molecule is COc1cccc(C(=O)Nc2sc3c(c2C(N)=O)CC(C)(C)[NH2+]C3(C)C)c1. The van der Waals surface area contributed by atoms with Gasteiger partial charge in [-0.05, 0) is 51.5 Å². The third kappa shape index (κ3) is 3.70. The molecule has 7 heteroatoms. The summed E-state index contributed by atoms with van der Waals surface area (Å²) < 4.78 is 5.18. The number of ether oxygens (including phenoxy) is 1. The number of nitrogens with two attached hydrogens (primary N) is 2. The maximum Gasteiger partial charge on any atom is 0.256 e. The van der Waals surface area contributed by atoms with Gasteiger partial charge in [0.15, 0.2) is 0 Å². The van der Waals surface area contributed by atoms with Gasteiger partial charge in [0.2, 0.25) is 0 Å². The van der Waals surface area contributed by atoms with Gasteiger partial charge in [-0.25, -0.2) is 0 Å². The number of quaternary nitrogens is 1. The van der Waals surface area contributed by atoms with E-state index in [1.54, 1.807) is 31.4 Å². The van der Waals surface area contributed by atoms with Crippen LogP contribution in [0.4, 0.5) is 5.00 Å². The van der Waals surface area contributed by atoms with Crippen LogP contribution in [0.5, 0.6) is 5.75 Å². The quantitative estimate of drug-likeness (QED) is 0.749. The van der Waals surface area contributed by atoms with Gasteiger partial charge in [0.1, 0.15) is 16.3 Å². The molecule has 144 valence electrons. The fourth-order valence-electron chi connectivity index (χ4n) is 3.99. The molecule has 27 heavy (non-hydrogen) atoms. The van der Waals surface area contributed by atoms with E-state index in [1.807, 2.05) is 0 Å². The second-order valence-electron chi connectivity index (χ2n) is 8.20. The third-order valence-corrected chi connectivity index (χ3v) is 6.27. The summed E-state index contributed by atoms with van der Waals surface area (Å²) in [4.78, 5) is 26.1. The predicted molar refractivity (Wildman–Crippen MR) is 107 cm³/mol. The number of benzene rings is 1. The average Bonchev–Trinajstić information content (AvgIpc) is 2.91. The first kappa shape index (κ1) is 19.4. The molecule has 1 aromatic carbocycles.